The van der Waals surface area contributed by atoms with E-state index in [1.807, 2.05) is 0 Å². The van der Waals surface area contributed by atoms with Gasteiger partial charge in [-0.3, -0.25) is 4.84 Å². The molecule has 0 spiro atoms. The summed E-state index contributed by atoms with van der Waals surface area (Å²) in [7, 11) is 0. The van der Waals surface area contributed by atoms with Gasteiger partial charge in [0, 0.05) is 17.6 Å². The van der Waals surface area contributed by atoms with Gasteiger partial charge < -0.3 is 5.32 Å². The van der Waals surface area contributed by atoms with Crippen molar-refractivity contribution < 1.29 is 4.84 Å². The number of anilines is 1. The molecule has 1 aliphatic rings. The molecule has 32 heavy (non-hydrogen) atoms. The summed E-state index contributed by atoms with van der Waals surface area (Å²) in [6.45, 7) is 13.2. The van der Waals surface area contributed by atoms with Crippen molar-refractivity contribution in [3.8, 4) is 0 Å². The fourth-order valence-corrected chi connectivity index (χ4v) is 5.29. The maximum Gasteiger partial charge on any atom is 0.228 e. The van der Waals surface area contributed by atoms with Crippen LogP contribution >= 0.6 is 23.2 Å². The predicted molar refractivity (Wildman–Crippen MR) is 134 cm³/mol. The van der Waals surface area contributed by atoms with Gasteiger partial charge in [-0.05, 0) is 88.9 Å². The SMILES string of the molecule is CCCCCCCCON1C(C)(C)CCC(CCCCNc2nc(Cl)nc(Cl)n2)C1(C)C. The van der Waals surface area contributed by atoms with Crippen molar-refractivity contribution in [2.45, 2.75) is 116 Å². The Balaban J connectivity index is 1.76. The number of nitrogens with one attached hydrogen (secondary N) is 1. The van der Waals surface area contributed by atoms with Crippen molar-refractivity contribution in [2.75, 3.05) is 18.5 Å². The highest BCUT2D eigenvalue weighted by Crippen LogP contribution is 2.44. The fraction of sp³-hybridized carbons (Fsp3) is 0.875. The van der Waals surface area contributed by atoms with E-state index in [1.165, 1.54) is 44.9 Å². The molecule has 1 aromatic heterocycles. The standard InChI is InChI=1S/C24H43Cl2N5O/c1-6-7-8-9-10-13-18-32-31-23(2,3)16-15-19(24(31,4)5)14-11-12-17-27-22-29-20(25)28-21(26)30-22/h19H,6-18H2,1-5H3,(H,27,28,29,30). The largest absolute Gasteiger partial charge is 0.354 e. The van der Waals surface area contributed by atoms with Crippen LogP contribution in [-0.2, 0) is 4.84 Å². The number of aromatic nitrogens is 3. The molecule has 0 radical (unpaired) electrons. The minimum absolute atomic E-state index is 0.0205. The van der Waals surface area contributed by atoms with Gasteiger partial charge in [-0.1, -0.05) is 45.4 Å². The van der Waals surface area contributed by atoms with Gasteiger partial charge in [0.15, 0.2) is 0 Å². The highest BCUT2D eigenvalue weighted by atomic mass is 35.5. The molecule has 1 N–H and O–H groups in total. The van der Waals surface area contributed by atoms with Crippen LogP contribution in [0.2, 0.25) is 10.6 Å². The molecule has 2 rings (SSSR count). The molecule has 0 aliphatic carbocycles. The Kier molecular flexibility index (Phi) is 11.4. The number of halogens is 2. The highest BCUT2D eigenvalue weighted by Gasteiger charge is 2.47. The number of piperidine rings is 1. The minimum Gasteiger partial charge on any atom is -0.354 e. The number of hydroxylamine groups is 2. The zero-order valence-electron chi connectivity index (χ0n) is 20.7. The van der Waals surface area contributed by atoms with E-state index < -0.39 is 0 Å². The average Bonchev–Trinajstić information content (AvgIpc) is 2.69. The Morgan fingerprint density at radius 1 is 0.938 bits per heavy atom. The molecule has 1 aromatic rings. The van der Waals surface area contributed by atoms with Crippen molar-refractivity contribution in [1.82, 2.24) is 20.0 Å². The third-order valence-corrected chi connectivity index (χ3v) is 7.08. The van der Waals surface area contributed by atoms with E-state index in [1.54, 1.807) is 0 Å². The normalized spacial score (nSPS) is 20.4. The lowest BCUT2D eigenvalue weighted by molar-refractivity contribution is -0.295. The molecule has 184 valence electrons. The van der Waals surface area contributed by atoms with Crippen molar-refractivity contribution in [3.63, 3.8) is 0 Å². The summed E-state index contributed by atoms with van der Waals surface area (Å²) in [4.78, 5) is 18.3. The minimum atomic E-state index is 0.0205. The summed E-state index contributed by atoms with van der Waals surface area (Å²) < 4.78 is 0. The van der Waals surface area contributed by atoms with Crippen molar-refractivity contribution >= 4 is 29.2 Å². The number of nitrogens with zero attached hydrogens (tertiary/aromatic N) is 4. The molecule has 0 bridgehead atoms. The molecule has 1 fully saturated rings. The van der Waals surface area contributed by atoms with Gasteiger partial charge in [0.05, 0.1) is 6.61 Å². The lowest BCUT2D eigenvalue weighted by Gasteiger charge is -2.55. The Morgan fingerprint density at radius 3 is 2.28 bits per heavy atom. The maximum atomic E-state index is 6.43. The molecule has 0 amide bonds. The number of hydrogen-bond acceptors (Lipinski definition) is 6. The second-order valence-electron chi connectivity index (χ2n) is 10.2. The fourth-order valence-electron chi connectivity index (χ4n) is 4.93. The van der Waals surface area contributed by atoms with Crippen LogP contribution in [0.4, 0.5) is 5.95 Å². The van der Waals surface area contributed by atoms with E-state index in [9.17, 15) is 0 Å². The van der Waals surface area contributed by atoms with E-state index in [-0.39, 0.29) is 21.6 Å². The van der Waals surface area contributed by atoms with E-state index in [2.05, 4.69) is 60.0 Å². The average molecular weight is 489 g/mol. The van der Waals surface area contributed by atoms with Gasteiger partial charge in [-0.15, -0.1) is 0 Å². The zero-order valence-corrected chi connectivity index (χ0v) is 22.2. The Morgan fingerprint density at radius 2 is 1.59 bits per heavy atom. The number of rotatable bonds is 14. The molecular formula is C24H43Cl2N5O. The first-order chi connectivity index (χ1) is 15.2. The third-order valence-electron chi connectivity index (χ3n) is 6.74. The van der Waals surface area contributed by atoms with E-state index >= 15 is 0 Å². The second kappa shape index (κ2) is 13.3. The summed E-state index contributed by atoms with van der Waals surface area (Å²) in [5.74, 6) is 1.05. The van der Waals surface area contributed by atoms with Crippen LogP contribution in [0, 0.1) is 5.92 Å². The van der Waals surface area contributed by atoms with E-state index in [0.29, 0.717) is 11.9 Å². The Labute approximate surface area is 205 Å². The first-order valence-corrected chi connectivity index (χ1v) is 13.2. The van der Waals surface area contributed by atoms with Gasteiger partial charge in [0.1, 0.15) is 0 Å². The molecule has 1 atom stereocenters. The maximum absolute atomic E-state index is 6.43. The molecule has 1 unspecified atom stereocenters. The van der Waals surface area contributed by atoms with Gasteiger partial charge in [-0.25, -0.2) is 0 Å². The van der Waals surface area contributed by atoms with E-state index in [4.69, 9.17) is 28.0 Å². The van der Waals surface area contributed by atoms with Gasteiger partial charge in [0.2, 0.25) is 16.5 Å². The first-order valence-electron chi connectivity index (χ1n) is 12.4. The summed E-state index contributed by atoms with van der Waals surface area (Å²) in [6.07, 6.45) is 13.5. The van der Waals surface area contributed by atoms with Crippen LogP contribution in [0.3, 0.4) is 0 Å². The van der Waals surface area contributed by atoms with Crippen LogP contribution in [-0.4, -0.2) is 44.2 Å². The molecule has 1 saturated heterocycles. The second-order valence-corrected chi connectivity index (χ2v) is 10.9. The monoisotopic (exact) mass is 487 g/mol. The van der Waals surface area contributed by atoms with Gasteiger partial charge in [-0.2, -0.15) is 20.0 Å². The van der Waals surface area contributed by atoms with Crippen LogP contribution in [0.1, 0.15) is 105 Å². The van der Waals surface area contributed by atoms with E-state index in [0.717, 1.165) is 38.8 Å². The quantitative estimate of drug-likeness (QED) is 0.277. The van der Waals surface area contributed by atoms with Gasteiger partial charge in [0.25, 0.3) is 0 Å². The molecule has 0 saturated carbocycles. The molecular weight excluding hydrogens is 445 g/mol. The highest BCUT2D eigenvalue weighted by molar-refractivity contribution is 6.31. The van der Waals surface area contributed by atoms with Crippen LogP contribution in [0.25, 0.3) is 0 Å². The number of unbranched alkanes of at least 4 members (excludes halogenated alkanes) is 6. The molecule has 1 aliphatic heterocycles. The predicted octanol–water partition coefficient (Wildman–Crippen LogP) is 7.32. The summed E-state index contributed by atoms with van der Waals surface area (Å²) in [6, 6.07) is 0. The smallest absolute Gasteiger partial charge is 0.228 e. The Hall–Kier alpha value is -0.690. The van der Waals surface area contributed by atoms with Crippen LogP contribution < -0.4 is 5.32 Å². The third kappa shape index (κ3) is 8.58. The topological polar surface area (TPSA) is 63.2 Å². The Bertz CT molecular complexity index is 666. The molecule has 8 heteroatoms. The zero-order chi connectivity index (χ0) is 23.6. The van der Waals surface area contributed by atoms with Gasteiger partial charge >= 0.3 is 0 Å². The molecule has 0 aromatic carbocycles. The van der Waals surface area contributed by atoms with Crippen molar-refractivity contribution in [1.29, 1.82) is 0 Å². The lowest BCUT2D eigenvalue weighted by atomic mass is 9.72. The summed E-state index contributed by atoms with van der Waals surface area (Å²) >= 11 is 11.7. The molecule has 6 nitrogen and oxygen atoms in total. The molecule has 2 heterocycles. The summed E-state index contributed by atoms with van der Waals surface area (Å²) in [5, 5.41) is 5.74. The first kappa shape index (κ1) is 27.6. The lowest BCUT2D eigenvalue weighted by Crippen LogP contribution is -2.62. The summed E-state index contributed by atoms with van der Waals surface area (Å²) in [5.41, 5.74) is 0.0909. The van der Waals surface area contributed by atoms with Crippen molar-refractivity contribution in [3.05, 3.63) is 10.6 Å². The van der Waals surface area contributed by atoms with Crippen molar-refractivity contribution in [2.24, 2.45) is 5.92 Å². The number of hydrogen-bond donors (Lipinski definition) is 1. The van der Waals surface area contributed by atoms with Crippen LogP contribution in [0.5, 0.6) is 0 Å². The van der Waals surface area contributed by atoms with Crippen LogP contribution in [0.15, 0.2) is 0 Å².